The van der Waals surface area contributed by atoms with Crippen LogP contribution in [-0.4, -0.2) is 30.4 Å². The van der Waals surface area contributed by atoms with Gasteiger partial charge in [0.2, 0.25) is 0 Å². The largest absolute Gasteiger partial charge is 0.435 e. The zero-order chi connectivity index (χ0) is 23.9. The number of likely N-dealkylation sites (N-methyl/N-ethyl adjacent to an activating group) is 1. The fourth-order valence-corrected chi connectivity index (χ4v) is 4.34. The van der Waals surface area contributed by atoms with Gasteiger partial charge in [-0.3, -0.25) is 9.69 Å². The Morgan fingerprint density at radius 3 is 2.61 bits per heavy atom. The average Bonchev–Trinajstić information content (AvgIpc) is 3.58. The van der Waals surface area contributed by atoms with Crippen LogP contribution >= 0.6 is 0 Å². The third-order valence-corrected chi connectivity index (χ3v) is 6.16. The summed E-state index contributed by atoms with van der Waals surface area (Å²) in [6, 6.07) is 4.33. The van der Waals surface area contributed by atoms with Gasteiger partial charge in [0.05, 0.1) is 5.56 Å². The Kier molecular flexibility index (Phi) is 6.00. The van der Waals surface area contributed by atoms with Crippen molar-refractivity contribution >= 4 is 11.9 Å². The number of rotatable bonds is 5. The number of carbonyl (C=O) groups is 1. The van der Waals surface area contributed by atoms with Crippen molar-refractivity contribution in [1.29, 1.82) is 0 Å². The summed E-state index contributed by atoms with van der Waals surface area (Å²) in [5, 5.41) is 0. The van der Waals surface area contributed by atoms with E-state index in [1.54, 1.807) is 6.08 Å². The molecular formula is C25H26F3N3O2. The lowest BCUT2D eigenvalue weighted by atomic mass is 9.73. The molecule has 174 valence electrons. The minimum Gasteiger partial charge on any atom is -0.435 e. The van der Waals surface area contributed by atoms with Gasteiger partial charge in [-0.05, 0) is 54.5 Å². The highest BCUT2D eigenvalue weighted by molar-refractivity contribution is 6.07. The average molecular weight is 457 g/mol. The van der Waals surface area contributed by atoms with E-state index in [-0.39, 0.29) is 41.4 Å². The maximum atomic E-state index is 14.5. The van der Waals surface area contributed by atoms with Crippen LogP contribution in [0.15, 0.2) is 46.7 Å². The van der Waals surface area contributed by atoms with Crippen LogP contribution in [0.25, 0.3) is 0 Å². The second kappa shape index (κ2) is 8.62. The van der Waals surface area contributed by atoms with Crippen LogP contribution in [0.1, 0.15) is 44.2 Å². The maximum absolute atomic E-state index is 14.5. The quantitative estimate of drug-likeness (QED) is 0.671. The summed E-state index contributed by atoms with van der Waals surface area (Å²) in [7, 11) is 1.53. The molecule has 2 aliphatic carbocycles. The smallest absolute Gasteiger partial charge is 0.387 e. The molecule has 0 saturated heterocycles. The fraction of sp³-hybridized carbons (Fsp3) is 0.440. The van der Waals surface area contributed by atoms with Crippen molar-refractivity contribution in [1.82, 2.24) is 4.90 Å². The number of hydrogen-bond donors (Lipinski definition) is 1. The van der Waals surface area contributed by atoms with Crippen LogP contribution in [0.4, 0.5) is 13.2 Å². The molecule has 0 bridgehead atoms. The topological polar surface area (TPSA) is 67.9 Å². The second-order valence-corrected chi connectivity index (χ2v) is 8.90. The van der Waals surface area contributed by atoms with Gasteiger partial charge in [0, 0.05) is 18.9 Å². The Labute approximate surface area is 191 Å². The second-order valence-electron chi connectivity index (χ2n) is 8.90. The Morgan fingerprint density at radius 2 is 2.03 bits per heavy atom. The van der Waals surface area contributed by atoms with Crippen molar-refractivity contribution in [2.45, 2.75) is 45.3 Å². The van der Waals surface area contributed by atoms with Crippen LogP contribution in [0.2, 0.25) is 0 Å². The lowest BCUT2D eigenvalue weighted by Gasteiger charge is -2.34. The number of amides is 1. The van der Waals surface area contributed by atoms with E-state index in [4.69, 9.17) is 10.5 Å². The predicted octanol–water partition coefficient (Wildman–Crippen LogP) is 4.29. The van der Waals surface area contributed by atoms with E-state index >= 15 is 0 Å². The van der Waals surface area contributed by atoms with Gasteiger partial charge in [0.25, 0.3) is 5.91 Å². The van der Waals surface area contributed by atoms with E-state index in [0.717, 1.165) is 12.8 Å². The number of nitrogens with two attached hydrogens (primary N) is 1. The van der Waals surface area contributed by atoms with E-state index in [2.05, 4.69) is 16.8 Å². The highest BCUT2D eigenvalue weighted by Gasteiger charge is 2.53. The van der Waals surface area contributed by atoms with Crippen molar-refractivity contribution in [3.63, 3.8) is 0 Å². The SMILES string of the molecule is CC(C)C#Cc1cc([C@@]2(C3C=C(C4CC4)C(OC(F)F)=CC3)N=C(N)N(C)C2=O)ccc1F. The van der Waals surface area contributed by atoms with Gasteiger partial charge >= 0.3 is 6.61 Å². The van der Waals surface area contributed by atoms with E-state index in [1.807, 2.05) is 19.9 Å². The van der Waals surface area contributed by atoms with E-state index in [9.17, 15) is 18.0 Å². The normalized spacial score (nSPS) is 25.0. The third-order valence-electron chi connectivity index (χ3n) is 6.16. The highest BCUT2D eigenvalue weighted by atomic mass is 19.3. The van der Waals surface area contributed by atoms with Crippen LogP contribution in [-0.2, 0) is 15.1 Å². The Bertz CT molecular complexity index is 1130. The van der Waals surface area contributed by atoms with E-state index in [1.165, 1.54) is 30.1 Å². The summed E-state index contributed by atoms with van der Waals surface area (Å²) in [5.74, 6) is 4.74. The standard InChI is InChI=1S/C25H26F3N3O2/c1-14(2)4-5-16-12-17(8-10-20(16)26)25(22(32)31(3)24(29)30-25)18-9-11-21(33-23(27)28)19(13-18)15-6-7-15/h8,10-15,18,23H,6-7,9H2,1-3H3,(H2,29,30)/t18?,25-/m0/s1. The summed E-state index contributed by atoms with van der Waals surface area (Å²) in [6.07, 6.45) is 5.36. The van der Waals surface area contributed by atoms with Gasteiger partial charge in [0.1, 0.15) is 11.6 Å². The first kappa shape index (κ1) is 23.0. The first-order valence-electron chi connectivity index (χ1n) is 11.0. The van der Waals surface area contributed by atoms with Gasteiger partial charge in [-0.25, -0.2) is 9.38 Å². The Morgan fingerprint density at radius 1 is 1.30 bits per heavy atom. The summed E-state index contributed by atoms with van der Waals surface area (Å²) in [4.78, 5) is 19.4. The van der Waals surface area contributed by atoms with Gasteiger partial charge in [-0.15, -0.1) is 0 Å². The molecule has 33 heavy (non-hydrogen) atoms. The Balaban J connectivity index is 1.83. The summed E-state index contributed by atoms with van der Waals surface area (Å²) in [5.41, 5.74) is 5.87. The predicted molar refractivity (Wildman–Crippen MR) is 118 cm³/mol. The van der Waals surface area contributed by atoms with Gasteiger partial charge in [0.15, 0.2) is 11.5 Å². The van der Waals surface area contributed by atoms with Gasteiger partial charge < -0.3 is 10.5 Å². The number of nitrogens with zero attached hydrogens (tertiary/aromatic N) is 2. The molecule has 4 rings (SSSR count). The maximum Gasteiger partial charge on any atom is 0.387 e. The summed E-state index contributed by atoms with van der Waals surface area (Å²) in [6.45, 7) is 0.860. The molecule has 0 radical (unpaired) electrons. The number of alkyl halides is 2. The number of allylic oxidation sites excluding steroid dienone is 2. The lowest BCUT2D eigenvalue weighted by Crippen LogP contribution is -2.45. The zero-order valence-corrected chi connectivity index (χ0v) is 18.7. The van der Waals surface area contributed by atoms with Gasteiger partial charge in [-0.1, -0.05) is 37.8 Å². The number of carbonyl (C=O) groups excluding carboxylic acids is 1. The van der Waals surface area contributed by atoms with Crippen molar-refractivity contribution in [2.75, 3.05) is 7.05 Å². The summed E-state index contributed by atoms with van der Waals surface area (Å²) >= 11 is 0. The third kappa shape index (κ3) is 4.24. The highest BCUT2D eigenvalue weighted by Crippen LogP contribution is 2.49. The molecule has 5 nitrogen and oxygen atoms in total. The number of hydrogen-bond acceptors (Lipinski definition) is 4. The number of guanidine groups is 1. The lowest BCUT2D eigenvalue weighted by molar-refractivity contribution is -0.132. The zero-order valence-electron chi connectivity index (χ0n) is 18.7. The Hall–Kier alpha value is -3.21. The molecule has 1 saturated carbocycles. The molecule has 1 aromatic rings. The molecule has 1 unspecified atom stereocenters. The molecule has 0 spiro atoms. The van der Waals surface area contributed by atoms with Crippen LogP contribution < -0.4 is 5.73 Å². The molecule has 1 aromatic carbocycles. The van der Waals surface area contributed by atoms with Crippen molar-refractivity contribution in [2.24, 2.45) is 28.5 Å². The molecule has 0 aromatic heterocycles. The van der Waals surface area contributed by atoms with E-state index < -0.39 is 23.9 Å². The number of ether oxygens (including phenoxy) is 1. The van der Waals surface area contributed by atoms with Crippen LogP contribution in [0.3, 0.4) is 0 Å². The minimum atomic E-state index is -2.93. The first-order valence-corrected chi connectivity index (χ1v) is 11.0. The van der Waals surface area contributed by atoms with E-state index in [0.29, 0.717) is 11.1 Å². The first-order chi connectivity index (χ1) is 15.6. The number of halogens is 3. The van der Waals surface area contributed by atoms with Crippen molar-refractivity contribution in [3.05, 3.63) is 58.6 Å². The molecule has 1 fully saturated rings. The molecule has 1 aliphatic heterocycles. The molecular weight excluding hydrogens is 431 g/mol. The molecule has 3 aliphatic rings. The molecule has 8 heteroatoms. The minimum absolute atomic E-state index is 0.0377. The molecule has 1 amide bonds. The molecule has 2 N–H and O–H groups in total. The molecule has 1 heterocycles. The van der Waals surface area contributed by atoms with Crippen LogP contribution in [0, 0.1) is 35.4 Å². The van der Waals surface area contributed by atoms with Crippen molar-refractivity contribution in [3.8, 4) is 11.8 Å². The van der Waals surface area contributed by atoms with Gasteiger partial charge in [-0.2, -0.15) is 8.78 Å². The monoisotopic (exact) mass is 457 g/mol. The van der Waals surface area contributed by atoms with Crippen LogP contribution in [0.5, 0.6) is 0 Å². The number of aliphatic imine (C=N–C) groups is 1. The number of benzene rings is 1. The van der Waals surface area contributed by atoms with Crippen molar-refractivity contribution < 1.29 is 22.7 Å². The molecule has 2 atom stereocenters. The summed E-state index contributed by atoms with van der Waals surface area (Å²) < 4.78 is 45.2. The fourth-order valence-electron chi connectivity index (χ4n) is 4.34.